The molecule has 3 aromatic rings. The summed E-state index contributed by atoms with van der Waals surface area (Å²) in [5.41, 5.74) is 11.7. The fourth-order valence-electron chi connectivity index (χ4n) is 5.00. The average molecular weight is 475 g/mol. The summed E-state index contributed by atoms with van der Waals surface area (Å²) < 4.78 is 32.9. The van der Waals surface area contributed by atoms with Crippen LogP contribution in [0.4, 0.5) is 10.2 Å². The van der Waals surface area contributed by atoms with E-state index in [1.807, 2.05) is 18.2 Å². The molecule has 0 atom stereocenters. The van der Waals surface area contributed by atoms with Crippen LogP contribution >= 0.6 is 0 Å². The Bertz CT molecular complexity index is 1320. The van der Waals surface area contributed by atoms with E-state index in [1.165, 1.54) is 5.56 Å². The summed E-state index contributed by atoms with van der Waals surface area (Å²) in [6.45, 7) is 6.79. The van der Waals surface area contributed by atoms with Crippen LogP contribution in [-0.2, 0) is 6.42 Å². The zero-order chi connectivity index (χ0) is 23.9. The summed E-state index contributed by atoms with van der Waals surface area (Å²) in [7, 11) is 0. The Labute approximate surface area is 203 Å². The van der Waals surface area contributed by atoms with Gasteiger partial charge in [-0.05, 0) is 61.7 Å². The van der Waals surface area contributed by atoms with Gasteiger partial charge in [0, 0.05) is 34.5 Å². The molecule has 0 unspecified atom stereocenters. The second-order valence-corrected chi connectivity index (χ2v) is 9.03. The van der Waals surface area contributed by atoms with E-state index in [1.54, 1.807) is 12.1 Å². The van der Waals surface area contributed by atoms with Gasteiger partial charge in [0.05, 0.1) is 0 Å². The Kier molecular flexibility index (Phi) is 5.45. The fraction of sp³-hybridized carbons (Fsp3) is 0.296. The Morgan fingerprint density at radius 2 is 1.77 bits per heavy atom. The van der Waals surface area contributed by atoms with Crippen LogP contribution in [-0.4, -0.2) is 37.5 Å². The number of anilines is 1. The van der Waals surface area contributed by atoms with Gasteiger partial charge < -0.3 is 30.6 Å². The summed E-state index contributed by atoms with van der Waals surface area (Å²) in [6, 6.07) is 11.4. The van der Waals surface area contributed by atoms with Gasteiger partial charge in [-0.2, -0.15) is 4.39 Å². The minimum absolute atomic E-state index is 0.0501. The number of hydrogen-bond donors (Lipinski definition) is 3. The van der Waals surface area contributed by atoms with Crippen molar-refractivity contribution in [2.45, 2.75) is 25.4 Å². The zero-order valence-electron chi connectivity index (χ0n) is 19.3. The lowest BCUT2D eigenvalue weighted by atomic mass is 9.93. The molecule has 8 heteroatoms. The van der Waals surface area contributed by atoms with Gasteiger partial charge in [-0.1, -0.05) is 24.8 Å². The van der Waals surface area contributed by atoms with Crippen molar-refractivity contribution in [2.24, 2.45) is 0 Å². The number of ether oxygens (including phenoxy) is 3. The Morgan fingerprint density at radius 3 is 2.63 bits per heavy atom. The maximum Gasteiger partial charge on any atom is 0.231 e. The standard InChI is InChI=1S/C27H27FN4O3/c1-15-19-3-2-16(12-17(19)6-11-31-15)21-13-22(26(28)32-27(21)29)20-4-5-23(25-24(20)33-14-34-25)35-18-7-9-30-10-8-18/h2-5,12-13,18,30-31H,1,6-11,14H2,(H2,29,32). The number of hydrogen-bond acceptors (Lipinski definition) is 7. The molecule has 0 spiro atoms. The third-order valence-electron chi connectivity index (χ3n) is 6.83. The van der Waals surface area contributed by atoms with Crippen molar-refractivity contribution < 1.29 is 18.6 Å². The minimum atomic E-state index is -0.661. The van der Waals surface area contributed by atoms with Crippen molar-refractivity contribution in [3.05, 3.63) is 60.1 Å². The average Bonchev–Trinajstić information content (AvgIpc) is 3.36. The third kappa shape index (κ3) is 3.93. The van der Waals surface area contributed by atoms with E-state index < -0.39 is 5.95 Å². The molecule has 0 radical (unpaired) electrons. The van der Waals surface area contributed by atoms with Crippen molar-refractivity contribution in [2.75, 3.05) is 32.2 Å². The number of rotatable bonds is 4. The number of nitrogen functional groups attached to an aromatic ring is 1. The smallest absolute Gasteiger partial charge is 0.231 e. The second-order valence-electron chi connectivity index (χ2n) is 9.03. The van der Waals surface area contributed by atoms with E-state index in [4.69, 9.17) is 19.9 Å². The first kappa shape index (κ1) is 21.7. The lowest BCUT2D eigenvalue weighted by molar-refractivity contribution is 0.145. The second kappa shape index (κ2) is 8.78. The molecule has 6 rings (SSSR count). The monoisotopic (exact) mass is 474 g/mol. The predicted octanol–water partition coefficient (Wildman–Crippen LogP) is 4.11. The maximum atomic E-state index is 15.2. The molecule has 35 heavy (non-hydrogen) atoms. The lowest BCUT2D eigenvalue weighted by Crippen LogP contribution is -2.34. The summed E-state index contributed by atoms with van der Waals surface area (Å²) >= 11 is 0. The van der Waals surface area contributed by atoms with Crippen LogP contribution in [0.3, 0.4) is 0 Å². The number of fused-ring (bicyclic) bond motifs is 2. The van der Waals surface area contributed by atoms with Crippen LogP contribution in [0.2, 0.25) is 0 Å². The largest absolute Gasteiger partial charge is 0.486 e. The van der Waals surface area contributed by atoms with Gasteiger partial charge in [-0.3, -0.25) is 0 Å². The molecule has 1 aromatic heterocycles. The van der Waals surface area contributed by atoms with E-state index >= 15 is 4.39 Å². The van der Waals surface area contributed by atoms with Gasteiger partial charge in [-0.25, -0.2) is 4.98 Å². The SMILES string of the molecule is C=C1NCCc2cc(-c3cc(-c4ccc(OC5CCNCC5)c5c4OCO5)c(F)nc3N)ccc21. The van der Waals surface area contributed by atoms with E-state index in [0.717, 1.165) is 55.7 Å². The molecule has 180 valence electrons. The normalized spacial score (nSPS) is 17.1. The highest BCUT2D eigenvalue weighted by Gasteiger charge is 2.28. The Morgan fingerprint density at radius 1 is 0.971 bits per heavy atom. The van der Waals surface area contributed by atoms with Gasteiger partial charge in [0.15, 0.2) is 11.5 Å². The van der Waals surface area contributed by atoms with E-state index in [0.29, 0.717) is 33.9 Å². The lowest BCUT2D eigenvalue weighted by Gasteiger charge is -2.24. The van der Waals surface area contributed by atoms with Crippen molar-refractivity contribution >= 4 is 11.5 Å². The van der Waals surface area contributed by atoms with Gasteiger partial charge in [0.1, 0.15) is 11.9 Å². The highest BCUT2D eigenvalue weighted by atomic mass is 19.1. The molecule has 2 aromatic carbocycles. The van der Waals surface area contributed by atoms with Crippen molar-refractivity contribution in [3.8, 4) is 39.5 Å². The molecular formula is C27H27FN4O3. The molecule has 1 saturated heterocycles. The molecular weight excluding hydrogens is 447 g/mol. The first-order chi connectivity index (χ1) is 17.1. The summed E-state index contributed by atoms with van der Waals surface area (Å²) in [6.07, 6.45) is 2.82. The molecule has 3 aliphatic heterocycles. The number of nitrogens with zero attached hydrogens (tertiary/aromatic N) is 1. The van der Waals surface area contributed by atoms with Gasteiger partial charge >= 0.3 is 0 Å². The first-order valence-corrected chi connectivity index (χ1v) is 11.9. The third-order valence-corrected chi connectivity index (χ3v) is 6.83. The van der Waals surface area contributed by atoms with Crippen LogP contribution in [0.15, 0.2) is 43.0 Å². The number of aromatic nitrogens is 1. The van der Waals surface area contributed by atoms with Gasteiger partial charge in [0.2, 0.25) is 18.5 Å². The fourth-order valence-corrected chi connectivity index (χ4v) is 5.00. The van der Waals surface area contributed by atoms with Crippen molar-refractivity contribution in [1.82, 2.24) is 15.6 Å². The van der Waals surface area contributed by atoms with E-state index in [9.17, 15) is 0 Å². The molecule has 7 nitrogen and oxygen atoms in total. The number of halogens is 1. The van der Waals surface area contributed by atoms with Crippen LogP contribution in [0.5, 0.6) is 17.2 Å². The first-order valence-electron chi connectivity index (χ1n) is 11.9. The van der Waals surface area contributed by atoms with Gasteiger partial charge in [0.25, 0.3) is 0 Å². The highest BCUT2D eigenvalue weighted by Crippen LogP contribution is 2.49. The Hall–Kier alpha value is -3.78. The number of nitrogens with two attached hydrogens (primary N) is 1. The molecule has 0 saturated carbocycles. The number of benzene rings is 2. The maximum absolute atomic E-state index is 15.2. The van der Waals surface area contributed by atoms with E-state index in [2.05, 4.69) is 28.3 Å². The zero-order valence-corrected chi connectivity index (χ0v) is 19.3. The number of piperidine rings is 1. The summed E-state index contributed by atoms with van der Waals surface area (Å²) in [5.74, 6) is 1.05. The minimum Gasteiger partial charge on any atom is -0.486 e. The van der Waals surface area contributed by atoms with Crippen molar-refractivity contribution in [3.63, 3.8) is 0 Å². The molecule has 1 fully saturated rings. The Balaban J connectivity index is 1.39. The predicted molar refractivity (Wildman–Crippen MR) is 133 cm³/mol. The van der Waals surface area contributed by atoms with Crippen LogP contribution in [0, 0.1) is 5.95 Å². The molecule has 0 bridgehead atoms. The highest BCUT2D eigenvalue weighted by molar-refractivity contribution is 5.84. The molecule has 3 aliphatic rings. The number of pyridine rings is 1. The van der Waals surface area contributed by atoms with Crippen LogP contribution in [0.25, 0.3) is 28.0 Å². The molecule has 0 aliphatic carbocycles. The van der Waals surface area contributed by atoms with Gasteiger partial charge in [-0.15, -0.1) is 0 Å². The quantitative estimate of drug-likeness (QED) is 0.490. The topological polar surface area (TPSA) is 90.7 Å². The number of nitrogens with one attached hydrogen (secondary N) is 2. The molecule has 0 amide bonds. The van der Waals surface area contributed by atoms with Crippen LogP contribution < -0.4 is 30.6 Å². The molecule has 4 N–H and O–H groups in total. The molecule has 4 heterocycles. The summed E-state index contributed by atoms with van der Waals surface area (Å²) in [4.78, 5) is 4.04. The van der Waals surface area contributed by atoms with Crippen LogP contribution in [0.1, 0.15) is 24.0 Å². The van der Waals surface area contributed by atoms with Crippen molar-refractivity contribution in [1.29, 1.82) is 0 Å². The summed E-state index contributed by atoms with van der Waals surface area (Å²) in [5, 5.41) is 6.61. The van der Waals surface area contributed by atoms with E-state index in [-0.39, 0.29) is 18.7 Å².